The first-order chi connectivity index (χ1) is 10.1. The molecule has 1 aliphatic heterocycles. The van der Waals surface area contributed by atoms with Crippen LogP contribution in [0, 0.1) is 5.41 Å². The van der Waals surface area contributed by atoms with Crippen molar-refractivity contribution < 1.29 is 4.74 Å². The van der Waals surface area contributed by atoms with Gasteiger partial charge < -0.3 is 4.74 Å². The van der Waals surface area contributed by atoms with Crippen molar-refractivity contribution in [1.82, 2.24) is 9.80 Å². The topological polar surface area (TPSA) is 15.7 Å². The third-order valence-corrected chi connectivity index (χ3v) is 5.08. The maximum absolute atomic E-state index is 6.16. The van der Waals surface area contributed by atoms with Gasteiger partial charge in [0, 0.05) is 44.4 Å². The summed E-state index contributed by atoms with van der Waals surface area (Å²) in [5, 5.41) is 0. The van der Waals surface area contributed by atoms with Crippen molar-refractivity contribution in [2.24, 2.45) is 5.41 Å². The van der Waals surface area contributed by atoms with Crippen LogP contribution in [0.1, 0.15) is 68.2 Å². The Kier molecular flexibility index (Phi) is 7.35. The molecule has 0 aliphatic carbocycles. The molecule has 1 saturated heterocycles. The van der Waals surface area contributed by atoms with E-state index in [1.54, 1.807) is 0 Å². The molecular formula is C19H40N2O. The zero-order chi connectivity index (χ0) is 17.0. The monoisotopic (exact) mass is 312 g/mol. The summed E-state index contributed by atoms with van der Waals surface area (Å²) in [5.41, 5.74) is 0.551. The molecule has 0 N–H and O–H groups in total. The molecule has 1 fully saturated rings. The van der Waals surface area contributed by atoms with Crippen LogP contribution < -0.4 is 0 Å². The normalized spacial score (nSPS) is 21.8. The van der Waals surface area contributed by atoms with Crippen LogP contribution in [0.25, 0.3) is 0 Å². The van der Waals surface area contributed by atoms with Crippen LogP contribution in [0.5, 0.6) is 0 Å². The molecule has 22 heavy (non-hydrogen) atoms. The SMILES string of the molecule is CCC(OCCC(C)N1CCN(C(C)(C)C)CC1)C(C)(C)C. The Morgan fingerprint density at radius 3 is 1.91 bits per heavy atom. The van der Waals surface area contributed by atoms with Crippen LogP contribution >= 0.6 is 0 Å². The molecule has 0 aromatic carbocycles. The lowest BCUT2D eigenvalue weighted by atomic mass is 9.87. The summed E-state index contributed by atoms with van der Waals surface area (Å²) < 4.78 is 6.16. The summed E-state index contributed by atoms with van der Waals surface area (Å²) in [4.78, 5) is 5.23. The summed E-state index contributed by atoms with van der Waals surface area (Å²) in [6.07, 6.45) is 2.61. The molecule has 0 spiro atoms. The van der Waals surface area contributed by atoms with Gasteiger partial charge in [0.1, 0.15) is 0 Å². The second-order valence-corrected chi connectivity index (χ2v) is 8.97. The lowest BCUT2D eigenvalue weighted by molar-refractivity contribution is -0.0308. The largest absolute Gasteiger partial charge is 0.378 e. The first-order valence-electron chi connectivity index (χ1n) is 9.16. The van der Waals surface area contributed by atoms with Gasteiger partial charge in [-0.05, 0) is 46.0 Å². The highest BCUT2D eigenvalue weighted by molar-refractivity contribution is 4.83. The second-order valence-electron chi connectivity index (χ2n) is 8.97. The molecule has 132 valence electrons. The number of hydrogen-bond donors (Lipinski definition) is 0. The van der Waals surface area contributed by atoms with Crippen molar-refractivity contribution in [2.45, 2.75) is 85.9 Å². The molecule has 0 bridgehead atoms. The smallest absolute Gasteiger partial charge is 0.0620 e. The maximum Gasteiger partial charge on any atom is 0.0620 e. The van der Waals surface area contributed by atoms with Gasteiger partial charge in [0.2, 0.25) is 0 Å². The summed E-state index contributed by atoms with van der Waals surface area (Å²) >= 11 is 0. The van der Waals surface area contributed by atoms with Crippen LogP contribution in [0.15, 0.2) is 0 Å². The average molecular weight is 313 g/mol. The van der Waals surface area contributed by atoms with E-state index in [1.165, 1.54) is 26.2 Å². The van der Waals surface area contributed by atoms with Gasteiger partial charge in [0.25, 0.3) is 0 Å². The fourth-order valence-corrected chi connectivity index (χ4v) is 3.38. The first kappa shape index (κ1) is 19.9. The van der Waals surface area contributed by atoms with E-state index in [4.69, 9.17) is 4.74 Å². The first-order valence-corrected chi connectivity index (χ1v) is 9.16. The molecule has 0 amide bonds. The Labute approximate surface area is 139 Å². The van der Waals surface area contributed by atoms with E-state index >= 15 is 0 Å². The van der Waals surface area contributed by atoms with Crippen molar-refractivity contribution in [2.75, 3.05) is 32.8 Å². The van der Waals surface area contributed by atoms with Gasteiger partial charge in [-0.2, -0.15) is 0 Å². The number of ether oxygens (including phenoxy) is 1. The zero-order valence-electron chi connectivity index (χ0n) is 16.4. The van der Waals surface area contributed by atoms with Crippen LogP contribution in [0.3, 0.4) is 0 Å². The van der Waals surface area contributed by atoms with E-state index in [-0.39, 0.29) is 5.41 Å². The summed E-state index contributed by atoms with van der Waals surface area (Å²) in [7, 11) is 0. The van der Waals surface area contributed by atoms with Gasteiger partial charge in [-0.15, -0.1) is 0 Å². The molecule has 0 aromatic rings. The quantitative estimate of drug-likeness (QED) is 0.736. The van der Waals surface area contributed by atoms with E-state index in [0.29, 0.717) is 17.7 Å². The van der Waals surface area contributed by atoms with Crippen LogP contribution in [0.2, 0.25) is 0 Å². The summed E-state index contributed by atoms with van der Waals surface area (Å²) in [5.74, 6) is 0. The number of nitrogens with zero attached hydrogens (tertiary/aromatic N) is 2. The molecule has 2 unspecified atom stereocenters. The van der Waals surface area contributed by atoms with Crippen LogP contribution in [-0.4, -0.2) is 60.3 Å². The number of piperazine rings is 1. The Morgan fingerprint density at radius 1 is 0.955 bits per heavy atom. The molecule has 2 atom stereocenters. The molecule has 1 heterocycles. The van der Waals surface area contributed by atoms with Crippen LogP contribution in [-0.2, 0) is 4.74 Å². The minimum absolute atomic E-state index is 0.246. The Balaban J connectivity index is 2.31. The predicted molar refractivity (Wildman–Crippen MR) is 96.5 cm³/mol. The van der Waals surface area contributed by atoms with E-state index < -0.39 is 0 Å². The third-order valence-electron chi connectivity index (χ3n) is 5.08. The fraction of sp³-hybridized carbons (Fsp3) is 1.00. The van der Waals surface area contributed by atoms with Gasteiger partial charge >= 0.3 is 0 Å². The minimum Gasteiger partial charge on any atom is -0.378 e. The molecule has 3 heteroatoms. The van der Waals surface area contributed by atoms with Crippen molar-refractivity contribution in [3.63, 3.8) is 0 Å². The molecule has 1 rings (SSSR count). The predicted octanol–water partition coefficient (Wildman–Crippen LogP) is 4.02. The maximum atomic E-state index is 6.16. The van der Waals surface area contributed by atoms with Crippen molar-refractivity contribution in [1.29, 1.82) is 0 Å². The third kappa shape index (κ3) is 6.17. The highest BCUT2D eigenvalue weighted by Gasteiger charge is 2.28. The van der Waals surface area contributed by atoms with Crippen molar-refractivity contribution in [3.8, 4) is 0 Å². The lowest BCUT2D eigenvalue weighted by Gasteiger charge is -2.44. The molecule has 0 saturated carbocycles. The summed E-state index contributed by atoms with van der Waals surface area (Å²) in [6, 6.07) is 0.625. The van der Waals surface area contributed by atoms with E-state index in [9.17, 15) is 0 Å². The Hall–Kier alpha value is -0.120. The molecule has 0 radical (unpaired) electrons. The van der Waals surface area contributed by atoms with Gasteiger partial charge in [-0.3, -0.25) is 9.80 Å². The number of rotatable bonds is 6. The standard InChI is InChI=1S/C19H40N2O/c1-9-17(18(3,4)5)22-15-10-16(2)20-11-13-21(14-12-20)19(6,7)8/h16-17H,9-15H2,1-8H3. The van der Waals surface area contributed by atoms with Gasteiger partial charge in [0.05, 0.1) is 6.10 Å². The Bertz CT molecular complexity index is 308. The molecule has 1 aliphatic rings. The highest BCUT2D eigenvalue weighted by atomic mass is 16.5. The fourth-order valence-electron chi connectivity index (χ4n) is 3.38. The average Bonchev–Trinajstić information content (AvgIpc) is 2.41. The minimum atomic E-state index is 0.246. The molecule has 0 aromatic heterocycles. The van der Waals surface area contributed by atoms with Crippen molar-refractivity contribution in [3.05, 3.63) is 0 Å². The van der Waals surface area contributed by atoms with Gasteiger partial charge in [-0.25, -0.2) is 0 Å². The zero-order valence-corrected chi connectivity index (χ0v) is 16.4. The number of hydrogen-bond acceptors (Lipinski definition) is 3. The van der Waals surface area contributed by atoms with Crippen LogP contribution in [0.4, 0.5) is 0 Å². The van der Waals surface area contributed by atoms with Gasteiger partial charge in [-0.1, -0.05) is 27.7 Å². The van der Waals surface area contributed by atoms with Gasteiger partial charge in [0.15, 0.2) is 0 Å². The Morgan fingerprint density at radius 2 is 1.50 bits per heavy atom. The summed E-state index contributed by atoms with van der Waals surface area (Å²) in [6.45, 7) is 24.0. The van der Waals surface area contributed by atoms with E-state index in [2.05, 4.69) is 65.2 Å². The van der Waals surface area contributed by atoms with E-state index in [1.807, 2.05) is 0 Å². The molecule has 3 nitrogen and oxygen atoms in total. The second kappa shape index (κ2) is 8.12. The molecular weight excluding hydrogens is 272 g/mol. The van der Waals surface area contributed by atoms with E-state index in [0.717, 1.165) is 19.4 Å². The highest BCUT2D eigenvalue weighted by Crippen LogP contribution is 2.25. The van der Waals surface area contributed by atoms with Crippen molar-refractivity contribution >= 4 is 0 Å². The lowest BCUT2D eigenvalue weighted by Crippen LogP contribution is -2.55.